The lowest BCUT2D eigenvalue weighted by Gasteiger charge is -2.18. The molecule has 4 nitrogen and oxygen atoms in total. The minimum Gasteiger partial charge on any atom is -0.495 e. The van der Waals surface area contributed by atoms with Gasteiger partial charge >= 0.3 is 0 Å². The number of methoxy groups -OCH3 is 1. The Balaban J connectivity index is 2.03. The van der Waals surface area contributed by atoms with Gasteiger partial charge in [0.05, 0.1) is 19.9 Å². The molecule has 0 N–H and O–H groups in total. The molecule has 0 radical (unpaired) electrons. The van der Waals surface area contributed by atoms with E-state index in [1.54, 1.807) is 13.3 Å². The van der Waals surface area contributed by atoms with Gasteiger partial charge in [0.1, 0.15) is 16.7 Å². The van der Waals surface area contributed by atoms with Crippen molar-refractivity contribution in [1.82, 2.24) is 9.88 Å². The van der Waals surface area contributed by atoms with Crippen LogP contribution in [-0.2, 0) is 0 Å². The number of halogens is 1. The highest BCUT2D eigenvalue weighted by Crippen LogP contribution is 2.29. The summed E-state index contributed by atoms with van der Waals surface area (Å²) in [4.78, 5) is 10.7. The smallest absolute Gasteiger partial charge is 0.137 e. The molecule has 0 saturated carbocycles. The van der Waals surface area contributed by atoms with Crippen molar-refractivity contribution in [2.45, 2.75) is 0 Å². The fraction of sp³-hybridized carbons (Fsp3) is 0.231. The summed E-state index contributed by atoms with van der Waals surface area (Å²) < 4.78 is 5.17. The number of aromatic nitrogens is 1. The molecule has 3 rings (SSSR count). The number of amidine groups is 1. The molecule has 0 unspecified atom stereocenters. The van der Waals surface area contributed by atoms with Crippen LogP contribution in [0.3, 0.4) is 0 Å². The van der Waals surface area contributed by atoms with Crippen LogP contribution < -0.4 is 4.74 Å². The quantitative estimate of drug-likeness (QED) is 0.767. The summed E-state index contributed by atoms with van der Waals surface area (Å²) in [6.45, 7) is 1.78. The van der Waals surface area contributed by atoms with E-state index in [1.165, 1.54) is 0 Å². The number of hydrogen-bond donors (Lipinski definition) is 0. The topological polar surface area (TPSA) is 37.7 Å². The first-order valence-corrected chi connectivity index (χ1v) is 6.06. The standard InChI is InChI=1S/C13H12ClN3O/c1-18-10-7-11(13(14)16-8-10)9-2-4-17-5-3-15-12(17)6-9/h2,4,6-8H,3,5H2,1H3. The van der Waals surface area contributed by atoms with Gasteiger partial charge in [-0.15, -0.1) is 0 Å². The molecule has 0 bridgehead atoms. The van der Waals surface area contributed by atoms with Crippen molar-refractivity contribution in [2.75, 3.05) is 20.2 Å². The van der Waals surface area contributed by atoms with Gasteiger partial charge in [-0.3, -0.25) is 4.99 Å². The normalized spacial score (nSPS) is 17.3. The highest BCUT2D eigenvalue weighted by atomic mass is 35.5. The van der Waals surface area contributed by atoms with Gasteiger partial charge in [-0.05, 0) is 23.8 Å². The molecule has 1 aromatic heterocycles. The molecule has 0 amide bonds. The lowest BCUT2D eigenvalue weighted by atomic mass is 10.1. The lowest BCUT2D eigenvalue weighted by molar-refractivity contribution is 0.413. The number of fused-ring (bicyclic) bond motifs is 1. The summed E-state index contributed by atoms with van der Waals surface area (Å²) in [5.41, 5.74) is 1.87. The van der Waals surface area contributed by atoms with Gasteiger partial charge < -0.3 is 9.64 Å². The minimum atomic E-state index is 0.471. The Morgan fingerprint density at radius 2 is 2.33 bits per heavy atom. The molecule has 1 aromatic rings. The number of allylic oxidation sites excluding steroid dienone is 2. The first kappa shape index (κ1) is 11.3. The zero-order valence-corrected chi connectivity index (χ0v) is 10.7. The van der Waals surface area contributed by atoms with Crippen LogP contribution >= 0.6 is 11.6 Å². The molecule has 0 atom stereocenters. The SMILES string of the molecule is COc1cnc(Cl)c(C2=CC3=NCCN3C=C2)c1. The van der Waals surface area contributed by atoms with E-state index in [-0.39, 0.29) is 0 Å². The van der Waals surface area contributed by atoms with Crippen molar-refractivity contribution in [1.29, 1.82) is 0 Å². The minimum absolute atomic E-state index is 0.471. The molecule has 0 spiro atoms. The van der Waals surface area contributed by atoms with Crippen LogP contribution in [0.25, 0.3) is 5.57 Å². The number of aliphatic imine (C=N–C) groups is 1. The molecule has 0 aliphatic carbocycles. The van der Waals surface area contributed by atoms with Crippen molar-refractivity contribution in [3.05, 3.63) is 41.3 Å². The summed E-state index contributed by atoms with van der Waals surface area (Å²) in [6, 6.07) is 1.89. The van der Waals surface area contributed by atoms with Gasteiger partial charge in [0.25, 0.3) is 0 Å². The van der Waals surface area contributed by atoms with Gasteiger partial charge in [-0.2, -0.15) is 0 Å². The highest BCUT2D eigenvalue weighted by molar-refractivity contribution is 6.31. The molecule has 5 heteroatoms. The van der Waals surface area contributed by atoms with E-state index >= 15 is 0 Å². The third kappa shape index (κ3) is 1.88. The number of hydrogen-bond acceptors (Lipinski definition) is 4. The van der Waals surface area contributed by atoms with Crippen LogP contribution in [0.2, 0.25) is 5.15 Å². The summed E-state index contributed by atoms with van der Waals surface area (Å²) >= 11 is 6.13. The molecular formula is C13H12ClN3O. The first-order valence-electron chi connectivity index (χ1n) is 5.69. The van der Waals surface area contributed by atoms with E-state index in [1.807, 2.05) is 24.4 Å². The molecule has 2 aliphatic rings. The fourth-order valence-corrected chi connectivity index (χ4v) is 2.24. The van der Waals surface area contributed by atoms with E-state index in [9.17, 15) is 0 Å². The van der Waals surface area contributed by atoms with Crippen molar-refractivity contribution in [3.8, 4) is 5.75 Å². The van der Waals surface area contributed by atoms with Crippen LogP contribution in [-0.4, -0.2) is 35.9 Å². The van der Waals surface area contributed by atoms with Gasteiger partial charge in [0, 0.05) is 18.3 Å². The molecule has 92 valence electrons. The maximum atomic E-state index is 6.13. The largest absolute Gasteiger partial charge is 0.495 e. The third-order valence-corrected chi connectivity index (χ3v) is 3.29. The second kappa shape index (κ2) is 4.46. The zero-order valence-electron chi connectivity index (χ0n) is 9.93. The summed E-state index contributed by atoms with van der Waals surface area (Å²) in [7, 11) is 1.61. The highest BCUT2D eigenvalue weighted by Gasteiger charge is 2.18. The number of nitrogens with zero attached hydrogens (tertiary/aromatic N) is 3. The molecule has 0 aromatic carbocycles. The van der Waals surface area contributed by atoms with E-state index in [2.05, 4.69) is 14.9 Å². The lowest BCUT2D eigenvalue weighted by Crippen LogP contribution is -2.22. The van der Waals surface area contributed by atoms with Crippen molar-refractivity contribution in [2.24, 2.45) is 4.99 Å². The maximum absolute atomic E-state index is 6.13. The monoisotopic (exact) mass is 261 g/mol. The molecule has 18 heavy (non-hydrogen) atoms. The van der Waals surface area contributed by atoms with E-state index in [0.29, 0.717) is 10.9 Å². The third-order valence-electron chi connectivity index (χ3n) is 2.99. The average molecular weight is 262 g/mol. The Kier molecular flexibility index (Phi) is 2.80. The van der Waals surface area contributed by atoms with Gasteiger partial charge in [0.15, 0.2) is 0 Å². The van der Waals surface area contributed by atoms with Crippen molar-refractivity contribution >= 4 is 23.0 Å². The van der Waals surface area contributed by atoms with Crippen molar-refractivity contribution in [3.63, 3.8) is 0 Å². The van der Waals surface area contributed by atoms with Crippen LogP contribution in [0.15, 0.2) is 35.6 Å². The average Bonchev–Trinajstić information content (AvgIpc) is 2.86. The maximum Gasteiger partial charge on any atom is 0.137 e. The van der Waals surface area contributed by atoms with Gasteiger partial charge in [-0.1, -0.05) is 11.6 Å². The van der Waals surface area contributed by atoms with Crippen LogP contribution in [0.5, 0.6) is 5.75 Å². The second-order valence-corrected chi connectivity index (χ2v) is 4.42. The molecule has 3 heterocycles. The molecule has 0 saturated heterocycles. The predicted molar refractivity (Wildman–Crippen MR) is 71.9 cm³/mol. The number of ether oxygens (including phenoxy) is 1. The van der Waals surface area contributed by atoms with Crippen LogP contribution in [0.4, 0.5) is 0 Å². The summed E-state index contributed by atoms with van der Waals surface area (Å²) in [5, 5.41) is 0.471. The first-order chi connectivity index (χ1) is 8.78. The Morgan fingerprint density at radius 1 is 1.44 bits per heavy atom. The second-order valence-electron chi connectivity index (χ2n) is 4.06. The molecular weight excluding hydrogens is 250 g/mol. The Hall–Kier alpha value is -1.81. The van der Waals surface area contributed by atoms with Crippen LogP contribution in [0, 0.1) is 0 Å². The van der Waals surface area contributed by atoms with Gasteiger partial charge in [-0.25, -0.2) is 4.98 Å². The predicted octanol–water partition coefficient (Wildman–Crippen LogP) is 2.37. The zero-order chi connectivity index (χ0) is 12.5. The Morgan fingerprint density at radius 3 is 3.17 bits per heavy atom. The van der Waals surface area contributed by atoms with Gasteiger partial charge in [0.2, 0.25) is 0 Å². The molecule has 0 fully saturated rings. The van der Waals surface area contributed by atoms with Crippen molar-refractivity contribution < 1.29 is 4.74 Å². The van der Waals surface area contributed by atoms with Crippen LogP contribution in [0.1, 0.15) is 5.56 Å². The fourth-order valence-electron chi connectivity index (χ4n) is 2.03. The number of pyridine rings is 1. The number of rotatable bonds is 2. The summed E-state index contributed by atoms with van der Waals surface area (Å²) in [6.07, 6.45) is 7.68. The van der Waals surface area contributed by atoms with E-state index < -0.39 is 0 Å². The Bertz CT molecular complexity index is 578. The Labute approximate surface area is 110 Å². The summed E-state index contributed by atoms with van der Waals surface area (Å²) in [5.74, 6) is 1.67. The molecule has 2 aliphatic heterocycles. The van der Waals surface area contributed by atoms with E-state index in [4.69, 9.17) is 16.3 Å². The van der Waals surface area contributed by atoms with E-state index in [0.717, 1.165) is 30.1 Å².